The summed E-state index contributed by atoms with van der Waals surface area (Å²) in [5, 5.41) is 19.4. The Balaban J connectivity index is 0.000000900. The summed E-state index contributed by atoms with van der Waals surface area (Å²) in [4.78, 5) is 39.7. The van der Waals surface area contributed by atoms with Gasteiger partial charge in [0.25, 0.3) is 0 Å². The number of guanidine groups is 1. The van der Waals surface area contributed by atoms with Gasteiger partial charge in [0.1, 0.15) is 6.04 Å². The van der Waals surface area contributed by atoms with E-state index in [0.717, 1.165) is 4.88 Å². The number of nitrogens with two attached hydrogens (primary N) is 2. The Hall–Kier alpha value is -4.68. The molecule has 0 aliphatic rings. The van der Waals surface area contributed by atoms with Crippen molar-refractivity contribution in [1.29, 1.82) is 0 Å². The minimum Gasteiger partial charge on any atom is -0.493 e. The minimum absolute atomic E-state index is 0.0160. The summed E-state index contributed by atoms with van der Waals surface area (Å²) in [6.07, 6.45) is -4.89. The van der Waals surface area contributed by atoms with Crippen LogP contribution in [0.3, 0.4) is 0 Å². The Bertz CT molecular complexity index is 1650. The van der Waals surface area contributed by atoms with Gasteiger partial charge in [-0.2, -0.15) is 13.2 Å². The van der Waals surface area contributed by atoms with Gasteiger partial charge in [-0.1, -0.05) is 18.2 Å². The number of primary sulfonamides is 1. The Morgan fingerprint density at radius 2 is 1.71 bits per heavy atom. The van der Waals surface area contributed by atoms with Gasteiger partial charge in [0.2, 0.25) is 21.8 Å². The van der Waals surface area contributed by atoms with Crippen LogP contribution in [-0.4, -0.2) is 63.7 Å². The second kappa shape index (κ2) is 15.9. The number of carboxylic acids is 1. The lowest BCUT2D eigenvalue weighted by Gasteiger charge is -2.16. The van der Waals surface area contributed by atoms with Crippen molar-refractivity contribution in [1.82, 2.24) is 5.32 Å². The number of alkyl halides is 3. The first-order valence-electron chi connectivity index (χ1n) is 12.6. The number of sulfonamides is 1. The average Bonchev–Trinajstić information content (AvgIpc) is 3.46. The fraction of sp³-hybridized carbons (Fsp3) is 0.259. The van der Waals surface area contributed by atoms with Crippen LogP contribution in [0, 0.1) is 6.92 Å². The largest absolute Gasteiger partial charge is 0.493 e. The molecule has 45 heavy (non-hydrogen) atoms. The van der Waals surface area contributed by atoms with E-state index in [1.54, 1.807) is 25.1 Å². The monoisotopic (exact) mass is 673 g/mol. The highest BCUT2D eigenvalue weighted by molar-refractivity contribution is 7.89. The molecule has 0 aliphatic heterocycles. The maximum absolute atomic E-state index is 13.2. The zero-order chi connectivity index (χ0) is 33.9. The molecule has 0 saturated heterocycles. The zero-order valence-corrected chi connectivity index (χ0v) is 25.7. The van der Waals surface area contributed by atoms with Crippen molar-refractivity contribution in [3.05, 3.63) is 69.9 Å². The van der Waals surface area contributed by atoms with E-state index in [1.165, 1.54) is 43.8 Å². The van der Waals surface area contributed by atoms with Crippen molar-refractivity contribution in [2.45, 2.75) is 36.9 Å². The molecule has 13 nitrogen and oxygen atoms in total. The van der Waals surface area contributed by atoms with Crippen LogP contribution in [-0.2, 0) is 37.2 Å². The van der Waals surface area contributed by atoms with Gasteiger partial charge in [-0.15, -0.1) is 11.3 Å². The maximum Gasteiger partial charge on any atom is 0.490 e. The number of ether oxygens (including phenoxy) is 2. The summed E-state index contributed by atoms with van der Waals surface area (Å²) in [5.74, 6) is -2.95. The minimum atomic E-state index is -5.08. The molecule has 1 atom stereocenters. The van der Waals surface area contributed by atoms with Gasteiger partial charge < -0.3 is 25.6 Å². The summed E-state index contributed by atoms with van der Waals surface area (Å²) in [5.41, 5.74) is 7.55. The van der Waals surface area contributed by atoms with Crippen LogP contribution in [0.1, 0.15) is 16.0 Å². The standard InChI is InChI=1S/C25H29N5O6S2.C2HF3O2/c1-15-6-8-18(38(27,33)34)14-19(15)28-24(32)20(13-17-5-4-10-37-17)29-25(26)30-23(31)12-16-7-9-21(35-2)22(11-16)36-3;3-2(4,5)1(6)7/h4-11,14,20H,12-13H2,1-3H3,(H,28,32)(H2,27,33,34)(H3,26,29,30,31);(H,6,7)/t20-;/m1./s1. The van der Waals surface area contributed by atoms with Crippen LogP contribution in [0.5, 0.6) is 11.5 Å². The number of nitrogens with one attached hydrogen (secondary N) is 2. The van der Waals surface area contributed by atoms with E-state index in [4.69, 9.17) is 30.2 Å². The van der Waals surface area contributed by atoms with Crippen molar-refractivity contribution >= 4 is 50.8 Å². The Kier molecular flexibility index (Phi) is 12.9. The summed E-state index contributed by atoms with van der Waals surface area (Å²) in [6.45, 7) is 1.71. The lowest BCUT2D eigenvalue weighted by atomic mass is 10.1. The molecule has 1 aromatic heterocycles. The molecular formula is C27H30F3N5O8S2. The molecule has 244 valence electrons. The summed E-state index contributed by atoms with van der Waals surface area (Å²) < 4.78 is 65.7. The number of rotatable bonds is 10. The van der Waals surface area contributed by atoms with Gasteiger partial charge in [-0.05, 0) is 53.8 Å². The van der Waals surface area contributed by atoms with Crippen molar-refractivity contribution in [2.24, 2.45) is 15.9 Å². The lowest BCUT2D eigenvalue weighted by Crippen LogP contribution is -2.40. The van der Waals surface area contributed by atoms with Crippen LogP contribution in [0.25, 0.3) is 0 Å². The van der Waals surface area contributed by atoms with Crippen LogP contribution in [0.15, 0.2) is 63.8 Å². The second-order valence-electron chi connectivity index (χ2n) is 9.04. The number of carbonyl (C=O) groups excluding carboxylic acids is 2. The molecule has 3 rings (SSSR count). The SMILES string of the molecule is COc1ccc(CC(=O)NC(N)=N[C@H](Cc2cccs2)C(=O)Nc2cc(S(N)(=O)=O)ccc2C)cc1OC.O=C(O)C(F)(F)F. The van der Waals surface area contributed by atoms with Gasteiger partial charge in [0.05, 0.1) is 25.5 Å². The van der Waals surface area contributed by atoms with E-state index in [0.29, 0.717) is 22.6 Å². The first-order chi connectivity index (χ1) is 20.9. The number of aliphatic carboxylic acids is 1. The molecule has 0 spiro atoms. The Morgan fingerprint density at radius 3 is 2.24 bits per heavy atom. The van der Waals surface area contributed by atoms with E-state index < -0.39 is 40.0 Å². The van der Waals surface area contributed by atoms with E-state index in [-0.39, 0.29) is 29.4 Å². The third-order valence-electron chi connectivity index (χ3n) is 5.69. The lowest BCUT2D eigenvalue weighted by molar-refractivity contribution is -0.192. The summed E-state index contributed by atoms with van der Waals surface area (Å²) in [6, 6.07) is 11.9. The number of hydrogen-bond donors (Lipinski definition) is 5. The van der Waals surface area contributed by atoms with Crippen molar-refractivity contribution in [3.63, 3.8) is 0 Å². The molecule has 0 aliphatic carbocycles. The number of thiophene rings is 1. The Labute approximate surface area is 260 Å². The number of amides is 2. The number of aryl methyl sites for hydroxylation is 1. The molecule has 2 aromatic carbocycles. The fourth-order valence-electron chi connectivity index (χ4n) is 3.51. The van der Waals surface area contributed by atoms with Crippen LogP contribution >= 0.6 is 11.3 Å². The third kappa shape index (κ3) is 11.7. The van der Waals surface area contributed by atoms with Gasteiger partial charge in [0, 0.05) is 17.0 Å². The molecule has 0 fully saturated rings. The average molecular weight is 674 g/mol. The van der Waals surface area contributed by atoms with Crippen LogP contribution < -0.4 is 31.0 Å². The zero-order valence-electron chi connectivity index (χ0n) is 24.0. The number of hydrogen-bond acceptors (Lipinski definition) is 9. The van der Waals surface area contributed by atoms with E-state index in [1.807, 2.05) is 17.5 Å². The first kappa shape index (κ1) is 36.5. The molecule has 3 aromatic rings. The first-order valence-corrected chi connectivity index (χ1v) is 15.0. The summed E-state index contributed by atoms with van der Waals surface area (Å²) in [7, 11) is -0.952. The number of nitrogens with zero attached hydrogens (tertiary/aromatic N) is 1. The highest BCUT2D eigenvalue weighted by atomic mass is 32.2. The van der Waals surface area contributed by atoms with E-state index in [9.17, 15) is 31.2 Å². The molecule has 2 amide bonds. The van der Waals surface area contributed by atoms with Crippen molar-refractivity contribution in [2.75, 3.05) is 19.5 Å². The number of benzene rings is 2. The van der Waals surface area contributed by atoms with Gasteiger partial charge in [-0.25, -0.2) is 23.3 Å². The molecule has 0 radical (unpaired) electrons. The molecule has 18 heteroatoms. The number of halogens is 3. The van der Waals surface area contributed by atoms with Crippen LogP contribution in [0.4, 0.5) is 18.9 Å². The summed E-state index contributed by atoms with van der Waals surface area (Å²) >= 11 is 1.44. The van der Waals surface area contributed by atoms with E-state index >= 15 is 0 Å². The Morgan fingerprint density at radius 1 is 1.07 bits per heavy atom. The van der Waals surface area contributed by atoms with Gasteiger partial charge in [0.15, 0.2) is 17.5 Å². The molecule has 0 saturated carbocycles. The van der Waals surface area contributed by atoms with Gasteiger partial charge in [-0.3, -0.25) is 14.9 Å². The van der Waals surface area contributed by atoms with E-state index in [2.05, 4.69) is 15.6 Å². The number of carboxylic acid groups (broad SMARTS) is 1. The number of carbonyl (C=O) groups is 3. The fourth-order valence-corrected chi connectivity index (χ4v) is 4.79. The van der Waals surface area contributed by atoms with Crippen molar-refractivity contribution in [3.8, 4) is 11.5 Å². The smallest absolute Gasteiger partial charge is 0.490 e. The van der Waals surface area contributed by atoms with Gasteiger partial charge >= 0.3 is 12.1 Å². The molecule has 1 heterocycles. The van der Waals surface area contributed by atoms with Crippen molar-refractivity contribution < 1.29 is 50.6 Å². The topological polar surface area (TPSA) is 212 Å². The number of anilines is 1. The third-order valence-corrected chi connectivity index (χ3v) is 7.50. The molecule has 0 unspecified atom stereocenters. The molecule has 0 bridgehead atoms. The predicted octanol–water partition coefficient (Wildman–Crippen LogP) is 2.58. The second-order valence-corrected chi connectivity index (χ2v) is 11.6. The maximum atomic E-state index is 13.2. The predicted molar refractivity (Wildman–Crippen MR) is 160 cm³/mol. The highest BCUT2D eigenvalue weighted by Gasteiger charge is 2.38. The molecular weight excluding hydrogens is 643 g/mol. The molecule has 7 N–H and O–H groups in total. The quantitative estimate of drug-likeness (QED) is 0.158. The number of methoxy groups -OCH3 is 2. The highest BCUT2D eigenvalue weighted by Crippen LogP contribution is 2.27. The number of aliphatic imine (C=N–C) groups is 1. The normalized spacial score (nSPS) is 12.3. The van der Waals surface area contributed by atoms with Crippen LogP contribution in [0.2, 0.25) is 0 Å².